The summed E-state index contributed by atoms with van der Waals surface area (Å²) < 4.78 is 13.3. The molecular weight excluding hydrogens is 500 g/mol. The van der Waals surface area contributed by atoms with Crippen LogP contribution in [0.5, 0.6) is 0 Å². The van der Waals surface area contributed by atoms with Crippen LogP contribution in [0.25, 0.3) is 0 Å². The number of ether oxygens (including phenoxy) is 2. The molecule has 0 fully saturated rings. The van der Waals surface area contributed by atoms with Crippen LogP contribution in [0.4, 0.5) is 0 Å². The van der Waals surface area contributed by atoms with Gasteiger partial charge in [-0.2, -0.15) is 0 Å². The van der Waals surface area contributed by atoms with E-state index in [1.807, 2.05) is 105 Å². The summed E-state index contributed by atoms with van der Waals surface area (Å²) in [5.74, 6) is -0.257. The second-order valence-electron chi connectivity index (χ2n) is 10.4. The van der Waals surface area contributed by atoms with Crippen LogP contribution in [0.15, 0.2) is 113 Å². The van der Waals surface area contributed by atoms with E-state index in [-0.39, 0.29) is 23.9 Å². The van der Waals surface area contributed by atoms with Crippen molar-refractivity contribution in [3.63, 3.8) is 0 Å². The van der Waals surface area contributed by atoms with Crippen LogP contribution in [-0.4, -0.2) is 22.8 Å². The maximum atomic E-state index is 13.6. The molecule has 0 saturated carbocycles. The zero-order valence-electron chi connectivity index (χ0n) is 23.3. The minimum atomic E-state index is -0.435. The molecular formula is C34H38N2O4. The van der Waals surface area contributed by atoms with E-state index in [4.69, 9.17) is 9.47 Å². The Kier molecular flexibility index (Phi) is 10.4. The van der Waals surface area contributed by atoms with E-state index in [9.17, 15) is 9.59 Å². The van der Waals surface area contributed by atoms with E-state index < -0.39 is 5.69 Å². The molecule has 3 aromatic carbocycles. The Morgan fingerprint density at radius 2 is 1.25 bits per heavy atom. The molecule has 0 radical (unpaired) electrons. The highest BCUT2D eigenvalue weighted by Gasteiger charge is 2.21. The number of aromatic amines is 1. The Morgan fingerprint density at radius 3 is 1.73 bits per heavy atom. The van der Waals surface area contributed by atoms with Gasteiger partial charge in [-0.3, -0.25) is 9.36 Å². The fraction of sp³-hybridized carbons (Fsp3) is 0.294. The second-order valence-corrected chi connectivity index (χ2v) is 10.4. The highest BCUT2D eigenvalue weighted by atomic mass is 16.5. The van der Waals surface area contributed by atoms with E-state index in [1.165, 1.54) is 4.57 Å². The first-order chi connectivity index (χ1) is 19.4. The van der Waals surface area contributed by atoms with Crippen LogP contribution in [0.1, 0.15) is 47.7 Å². The lowest BCUT2D eigenvalue weighted by molar-refractivity contribution is 0.0379. The lowest BCUT2D eigenvalue weighted by Crippen LogP contribution is -2.40. The van der Waals surface area contributed by atoms with Gasteiger partial charge in [0.1, 0.15) is 0 Å². The minimum Gasteiger partial charge on any atom is -0.376 e. The van der Waals surface area contributed by atoms with Gasteiger partial charge < -0.3 is 14.5 Å². The Morgan fingerprint density at radius 1 is 0.775 bits per heavy atom. The van der Waals surface area contributed by atoms with Crippen LogP contribution in [-0.2, 0) is 35.7 Å². The maximum absolute atomic E-state index is 13.6. The molecule has 6 nitrogen and oxygen atoms in total. The van der Waals surface area contributed by atoms with Gasteiger partial charge in [0.25, 0.3) is 5.56 Å². The van der Waals surface area contributed by atoms with Gasteiger partial charge in [-0.25, -0.2) is 4.79 Å². The fourth-order valence-electron chi connectivity index (χ4n) is 4.71. The van der Waals surface area contributed by atoms with E-state index in [0.29, 0.717) is 49.7 Å². The van der Waals surface area contributed by atoms with E-state index >= 15 is 0 Å². The highest BCUT2D eigenvalue weighted by Crippen LogP contribution is 2.18. The molecule has 0 aliphatic heterocycles. The average Bonchev–Trinajstić information content (AvgIpc) is 2.95. The molecule has 40 heavy (non-hydrogen) atoms. The molecule has 0 unspecified atom stereocenters. The maximum Gasteiger partial charge on any atom is 0.328 e. The van der Waals surface area contributed by atoms with Crippen LogP contribution >= 0.6 is 0 Å². The Hall–Kier alpha value is -4.00. The van der Waals surface area contributed by atoms with Crippen molar-refractivity contribution in [2.75, 3.05) is 13.2 Å². The quantitative estimate of drug-likeness (QED) is 0.204. The molecule has 0 aliphatic carbocycles. The minimum absolute atomic E-state index is 0.0539. The van der Waals surface area contributed by atoms with Crippen LogP contribution < -0.4 is 11.2 Å². The molecule has 0 amide bonds. The molecule has 0 aliphatic rings. The van der Waals surface area contributed by atoms with Gasteiger partial charge in [-0.05, 0) is 28.2 Å². The van der Waals surface area contributed by atoms with Crippen molar-refractivity contribution >= 4 is 0 Å². The largest absolute Gasteiger partial charge is 0.376 e. The molecule has 4 aromatic rings. The van der Waals surface area contributed by atoms with Crippen LogP contribution in [0.3, 0.4) is 0 Å². The van der Waals surface area contributed by atoms with Gasteiger partial charge >= 0.3 is 5.69 Å². The molecule has 0 saturated heterocycles. The monoisotopic (exact) mass is 538 g/mol. The number of rotatable bonds is 14. The van der Waals surface area contributed by atoms with Crippen molar-refractivity contribution in [1.82, 2.24) is 9.55 Å². The summed E-state index contributed by atoms with van der Waals surface area (Å²) in [5, 5.41) is 0. The summed E-state index contributed by atoms with van der Waals surface area (Å²) in [5.41, 5.74) is 4.45. The van der Waals surface area contributed by atoms with Gasteiger partial charge in [0.05, 0.1) is 33.0 Å². The molecule has 208 valence electrons. The zero-order valence-corrected chi connectivity index (χ0v) is 23.3. The molecule has 4 rings (SSSR count). The number of hydrogen-bond donors (Lipinski definition) is 1. The number of nitrogens with zero attached hydrogens (tertiary/aromatic N) is 1. The van der Waals surface area contributed by atoms with Crippen LogP contribution in [0.2, 0.25) is 0 Å². The summed E-state index contributed by atoms with van der Waals surface area (Å²) in [6.07, 6.45) is 0.490. The third kappa shape index (κ3) is 8.01. The normalized spacial score (nSPS) is 11.3. The van der Waals surface area contributed by atoms with Crippen molar-refractivity contribution in [3.8, 4) is 0 Å². The third-order valence-electron chi connectivity index (χ3n) is 6.90. The number of hydrogen-bond acceptors (Lipinski definition) is 4. The first-order valence-corrected chi connectivity index (χ1v) is 13.7. The fourth-order valence-corrected chi connectivity index (χ4v) is 4.71. The second kappa shape index (κ2) is 14.4. The summed E-state index contributed by atoms with van der Waals surface area (Å²) in [7, 11) is 0. The topological polar surface area (TPSA) is 73.3 Å². The first-order valence-electron chi connectivity index (χ1n) is 13.7. The first kappa shape index (κ1) is 29.0. The van der Waals surface area contributed by atoms with E-state index in [2.05, 4.69) is 11.6 Å². The predicted molar refractivity (Wildman–Crippen MR) is 159 cm³/mol. The lowest BCUT2D eigenvalue weighted by atomic mass is 9.98. The zero-order chi connectivity index (χ0) is 28.3. The van der Waals surface area contributed by atoms with Gasteiger partial charge in [0.2, 0.25) is 0 Å². The molecule has 1 aromatic heterocycles. The van der Waals surface area contributed by atoms with Gasteiger partial charge in [-0.1, -0.05) is 111 Å². The number of aromatic nitrogens is 2. The summed E-state index contributed by atoms with van der Waals surface area (Å²) in [6, 6.07) is 29.7. The van der Waals surface area contributed by atoms with Crippen molar-refractivity contribution < 1.29 is 9.47 Å². The molecule has 0 spiro atoms. The Labute approximate surface area is 235 Å². The summed E-state index contributed by atoms with van der Waals surface area (Å²) >= 11 is 0. The number of benzene rings is 3. The molecule has 1 N–H and O–H groups in total. The molecule has 0 atom stereocenters. The van der Waals surface area contributed by atoms with Crippen molar-refractivity contribution in [1.29, 1.82) is 0 Å². The standard InChI is InChI=1S/C34H38N2O4/c1-25(2)32-31(19-27-13-7-4-8-14-27)35-34(38)36(33(32)37)20-26(3)30(23-39-21-28-15-9-5-10-16-28)24-40-22-29-17-11-6-12-18-29/h4-18,25,30H,3,19-24H2,1-2H3,(H,35,38). The van der Waals surface area contributed by atoms with Crippen molar-refractivity contribution in [2.24, 2.45) is 5.92 Å². The molecule has 6 heteroatoms. The molecule has 1 heterocycles. The van der Waals surface area contributed by atoms with Gasteiger partial charge in [0, 0.05) is 23.6 Å². The van der Waals surface area contributed by atoms with Gasteiger partial charge in [-0.15, -0.1) is 0 Å². The van der Waals surface area contributed by atoms with Crippen molar-refractivity contribution in [3.05, 3.63) is 152 Å². The van der Waals surface area contributed by atoms with Crippen LogP contribution in [0, 0.1) is 5.92 Å². The van der Waals surface area contributed by atoms with E-state index in [1.54, 1.807) is 0 Å². The predicted octanol–water partition coefficient (Wildman–Crippen LogP) is 5.86. The number of nitrogens with one attached hydrogen (secondary N) is 1. The lowest BCUT2D eigenvalue weighted by Gasteiger charge is -2.22. The van der Waals surface area contributed by atoms with Crippen molar-refractivity contribution in [2.45, 2.75) is 45.9 Å². The summed E-state index contributed by atoms with van der Waals surface area (Å²) in [6.45, 7) is 9.94. The SMILES string of the molecule is C=C(Cn1c(=O)[nH]c(Cc2ccccc2)c(C(C)C)c1=O)C(COCc1ccccc1)COCc1ccccc1. The average molecular weight is 539 g/mol. The highest BCUT2D eigenvalue weighted by molar-refractivity contribution is 5.28. The summed E-state index contributed by atoms with van der Waals surface area (Å²) in [4.78, 5) is 29.8. The third-order valence-corrected chi connectivity index (χ3v) is 6.90. The Bertz CT molecular complexity index is 1430. The molecule has 0 bridgehead atoms. The Balaban J connectivity index is 1.52. The smallest absolute Gasteiger partial charge is 0.328 e. The van der Waals surface area contributed by atoms with Gasteiger partial charge in [0.15, 0.2) is 0 Å². The number of H-pyrrole nitrogens is 1. The van der Waals surface area contributed by atoms with E-state index in [0.717, 1.165) is 16.7 Å².